The lowest BCUT2D eigenvalue weighted by atomic mass is 10.3. The van der Waals surface area contributed by atoms with Gasteiger partial charge < -0.3 is 4.42 Å². The Morgan fingerprint density at radius 2 is 2.23 bits per heavy atom. The van der Waals surface area contributed by atoms with Gasteiger partial charge in [0.15, 0.2) is 0 Å². The highest BCUT2D eigenvalue weighted by atomic mass is 79.9. The van der Waals surface area contributed by atoms with Crippen molar-refractivity contribution in [1.82, 2.24) is 0 Å². The molecule has 4 heteroatoms. The average Bonchev–Trinajstić information content (AvgIpc) is 2.72. The second-order valence-corrected chi connectivity index (χ2v) is 5.23. The van der Waals surface area contributed by atoms with Gasteiger partial charge in [0, 0.05) is 9.35 Å². The number of hydrogen-bond acceptors (Lipinski definition) is 2. The summed E-state index contributed by atoms with van der Waals surface area (Å²) in [6.45, 7) is 0. The number of alkyl halides is 1. The van der Waals surface area contributed by atoms with Crippen LogP contribution in [0.3, 0.4) is 0 Å². The van der Waals surface area contributed by atoms with Gasteiger partial charge in [-0.05, 0) is 39.5 Å². The summed E-state index contributed by atoms with van der Waals surface area (Å²) >= 11 is 8.78. The maximum Gasteiger partial charge on any atom is 0.122 e. The first-order chi connectivity index (χ1) is 6.29. The zero-order valence-corrected chi connectivity index (χ0v) is 10.5. The van der Waals surface area contributed by atoms with Crippen molar-refractivity contribution in [1.29, 1.82) is 0 Å². The average molecular weight is 322 g/mol. The Kier molecular flexibility index (Phi) is 2.91. The third-order valence-electron chi connectivity index (χ3n) is 1.67. The van der Waals surface area contributed by atoms with Crippen molar-refractivity contribution in [3.05, 3.63) is 45.0 Å². The molecule has 1 atom stereocenters. The minimum Gasteiger partial charge on any atom is -0.468 e. The second-order valence-electron chi connectivity index (χ2n) is 2.51. The number of rotatable bonds is 2. The molecule has 0 saturated carbocycles. The van der Waals surface area contributed by atoms with E-state index in [9.17, 15) is 0 Å². The molecule has 0 amide bonds. The molecule has 1 nitrogen and oxygen atoms in total. The van der Waals surface area contributed by atoms with E-state index in [-0.39, 0.29) is 4.83 Å². The largest absolute Gasteiger partial charge is 0.468 e. The predicted molar refractivity (Wildman–Crippen MR) is 61.5 cm³/mol. The van der Waals surface area contributed by atoms with Crippen LogP contribution in [-0.4, -0.2) is 0 Å². The van der Waals surface area contributed by atoms with Crippen LogP contribution in [0.4, 0.5) is 0 Å². The van der Waals surface area contributed by atoms with Crippen molar-refractivity contribution in [2.24, 2.45) is 0 Å². The summed E-state index contributed by atoms with van der Waals surface area (Å²) in [5, 5.41) is 2.05. The van der Waals surface area contributed by atoms with E-state index < -0.39 is 0 Å². The highest BCUT2D eigenvalue weighted by molar-refractivity contribution is 9.11. The number of furan rings is 1. The van der Waals surface area contributed by atoms with Gasteiger partial charge in [0.2, 0.25) is 0 Å². The molecule has 0 fully saturated rings. The standard InChI is InChI=1S/C9H6Br2OS/c10-6-3-5-13-9(6)8(11)7-2-1-4-12-7/h1-5,8H. The lowest BCUT2D eigenvalue weighted by Gasteiger charge is -2.03. The Morgan fingerprint density at radius 3 is 2.77 bits per heavy atom. The molecule has 1 unspecified atom stereocenters. The molecule has 0 spiro atoms. The molecule has 2 aromatic rings. The Balaban J connectivity index is 2.33. The first kappa shape index (κ1) is 9.49. The summed E-state index contributed by atoms with van der Waals surface area (Å²) in [4.78, 5) is 1.38. The molecule has 0 aromatic carbocycles. The van der Waals surface area contributed by atoms with E-state index in [1.807, 2.05) is 18.2 Å². The second kappa shape index (κ2) is 3.98. The van der Waals surface area contributed by atoms with E-state index in [4.69, 9.17) is 4.42 Å². The summed E-state index contributed by atoms with van der Waals surface area (Å²) in [7, 11) is 0. The molecular formula is C9H6Br2OS. The van der Waals surface area contributed by atoms with Crippen LogP contribution in [-0.2, 0) is 0 Å². The van der Waals surface area contributed by atoms with Crippen LogP contribution >= 0.6 is 43.2 Å². The van der Waals surface area contributed by atoms with Gasteiger partial charge in [-0.2, -0.15) is 0 Å². The maximum absolute atomic E-state index is 5.31. The molecule has 0 N–H and O–H groups in total. The Hall–Kier alpha value is -0.0600. The fourth-order valence-electron chi connectivity index (χ4n) is 1.05. The van der Waals surface area contributed by atoms with Crippen LogP contribution in [0.15, 0.2) is 38.7 Å². The summed E-state index contributed by atoms with van der Waals surface area (Å²) < 4.78 is 6.43. The van der Waals surface area contributed by atoms with E-state index in [2.05, 4.69) is 37.2 Å². The van der Waals surface area contributed by atoms with E-state index >= 15 is 0 Å². The summed E-state index contributed by atoms with van der Waals surface area (Å²) in [6.07, 6.45) is 1.69. The third-order valence-corrected chi connectivity index (χ3v) is 4.82. The molecule has 2 heterocycles. The van der Waals surface area contributed by atoms with Crippen molar-refractivity contribution in [2.45, 2.75) is 4.83 Å². The van der Waals surface area contributed by atoms with Crippen LogP contribution in [0.25, 0.3) is 0 Å². The van der Waals surface area contributed by atoms with Crippen LogP contribution in [0.2, 0.25) is 0 Å². The molecule has 2 rings (SSSR count). The molecule has 2 aromatic heterocycles. The molecule has 0 radical (unpaired) electrons. The van der Waals surface area contributed by atoms with Crippen LogP contribution in [0.5, 0.6) is 0 Å². The van der Waals surface area contributed by atoms with Gasteiger partial charge in [0.1, 0.15) is 10.6 Å². The molecular weight excluding hydrogens is 316 g/mol. The van der Waals surface area contributed by atoms with Gasteiger partial charge in [0.25, 0.3) is 0 Å². The number of halogens is 2. The van der Waals surface area contributed by atoms with Crippen molar-refractivity contribution < 1.29 is 4.42 Å². The molecule has 0 saturated heterocycles. The van der Waals surface area contributed by atoms with Gasteiger partial charge in [-0.1, -0.05) is 15.9 Å². The maximum atomic E-state index is 5.31. The van der Waals surface area contributed by atoms with E-state index in [0.29, 0.717) is 0 Å². The fraction of sp³-hybridized carbons (Fsp3) is 0.111. The lowest BCUT2D eigenvalue weighted by Crippen LogP contribution is -1.86. The minimum atomic E-state index is 0.150. The molecule has 68 valence electrons. The summed E-state index contributed by atoms with van der Waals surface area (Å²) in [5.41, 5.74) is 0. The zero-order valence-electron chi connectivity index (χ0n) is 6.54. The van der Waals surface area contributed by atoms with Gasteiger partial charge in [-0.25, -0.2) is 0 Å². The number of thiophene rings is 1. The van der Waals surface area contributed by atoms with Crippen molar-refractivity contribution in [3.8, 4) is 0 Å². The SMILES string of the molecule is Brc1ccsc1C(Br)c1ccco1. The van der Waals surface area contributed by atoms with Gasteiger partial charge in [0.05, 0.1) is 6.26 Å². The van der Waals surface area contributed by atoms with Crippen LogP contribution < -0.4 is 0 Å². The summed E-state index contributed by atoms with van der Waals surface area (Å²) in [5.74, 6) is 0.933. The highest BCUT2D eigenvalue weighted by Crippen LogP contribution is 2.38. The highest BCUT2D eigenvalue weighted by Gasteiger charge is 2.16. The molecule has 0 aliphatic carbocycles. The lowest BCUT2D eigenvalue weighted by molar-refractivity contribution is 0.520. The first-order valence-corrected chi connectivity index (χ1v) is 6.28. The quantitative estimate of drug-likeness (QED) is 0.737. The van der Waals surface area contributed by atoms with E-state index in [1.165, 1.54) is 4.88 Å². The Bertz CT molecular complexity index is 380. The minimum absolute atomic E-state index is 0.150. The summed E-state index contributed by atoms with van der Waals surface area (Å²) in [6, 6.07) is 5.90. The van der Waals surface area contributed by atoms with Crippen molar-refractivity contribution in [2.75, 3.05) is 0 Å². The van der Waals surface area contributed by atoms with Crippen LogP contribution in [0.1, 0.15) is 15.5 Å². The van der Waals surface area contributed by atoms with E-state index in [1.54, 1.807) is 17.6 Å². The third kappa shape index (κ3) is 1.90. The van der Waals surface area contributed by atoms with Crippen molar-refractivity contribution in [3.63, 3.8) is 0 Å². The predicted octanol–water partition coefficient (Wildman–Crippen LogP) is 4.59. The fourth-order valence-corrected chi connectivity index (χ4v) is 3.77. The Labute approximate surface area is 97.0 Å². The number of hydrogen-bond donors (Lipinski definition) is 0. The van der Waals surface area contributed by atoms with Gasteiger partial charge >= 0.3 is 0 Å². The smallest absolute Gasteiger partial charge is 0.122 e. The normalized spacial score (nSPS) is 13.1. The molecule has 13 heavy (non-hydrogen) atoms. The van der Waals surface area contributed by atoms with Gasteiger partial charge in [-0.3, -0.25) is 0 Å². The topological polar surface area (TPSA) is 13.1 Å². The zero-order chi connectivity index (χ0) is 9.26. The molecule has 0 aliphatic heterocycles. The monoisotopic (exact) mass is 320 g/mol. The molecule has 0 aliphatic rings. The van der Waals surface area contributed by atoms with Crippen LogP contribution in [0, 0.1) is 0 Å². The molecule has 0 bridgehead atoms. The first-order valence-electron chi connectivity index (χ1n) is 3.69. The van der Waals surface area contributed by atoms with E-state index in [0.717, 1.165) is 10.2 Å². The Morgan fingerprint density at radius 1 is 1.38 bits per heavy atom. The van der Waals surface area contributed by atoms with Crippen molar-refractivity contribution >= 4 is 43.2 Å². The van der Waals surface area contributed by atoms with Gasteiger partial charge in [-0.15, -0.1) is 11.3 Å².